The van der Waals surface area contributed by atoms with Gasteiger partial charge in [-0.3, -0.25) is 0 Å². The van der Waals surface area contributed by atoms with E-state index in [1.54, 1.807) is 0 Å². The highest BCUT2D eigenvalue weighted by Gasteiger charge is 2.48. The maximum Gasteiger partial charge on any atom is 0.187 e. The fourth-order valence-electron chi connectivity index (χ4n) is 2.54. The summed E-state index contributed by atoms with van der Waals surface area (Å²) in [6.07, 6.45) is -12.0. The second-order valence-corrected chi connectivity index (χ2v) is 5.29. The van der Waals surface area contributed by atoms with Crippen LogP contribution in [0.4, 0.5) is 0 Å². The Morgan fingerprint density at radius 1 is 1.00 bits per heavy atom. The number of methoxy groups -OCH3 is 1. The van der Waals surface area contributed by atoms with Gasteiger partial charge in [-0.2, -0.15) is 0 Å². The highest BCUT2D eigenvalue weighted by atomic mass is 16.7. The summed E-state index contributed by atoms with van der Waals surface area (Å²) < 4.78 is 20.3. The van der Waals surface area contributed by atoms with Crippen molar-refractivity contribution in [2.24, 2.45) is 0 Å². The van der Waals surface area contributed by atoms with E-state index in [-0.39, 0.29) is 6.61 Å². The number of rotatable bonds is 4. The molecule has 2 fully saturated rings. The minimum atomic E-state index is -1.55. The van der Waals surface area contributed by atoms with Crippen LogP contribution in [0.2, 0.25) is 0 Å². The monoisotopic (exact) mass is 326 g/mol. The van der Waals surface area contributed by atoms with Crippen LogP contribution in [0.3, 0.4) is 0 Å². The van der Waals surface area contributed by atoms with Crippen LogP contribution < -0.4 is 0 Å². The van der Waals surface area contributed by atoms with Gasteiger partial charge < -0.3 is 49.6 Å². The van der Waals surface area contributed by atoms with Gasteiger partial charge in [0.1, 0.15) is 42.7 Å². The number of hydrogen-bond donors (Lipinski definition) is 6. The first kappa shape index (κ1) is 17.9. The van der Waals surface area contributed by atoms with Gasteiger partial charge in [0, 0.05) is 7.11 Å². The molecule has 0 saturated carbocycles. The Balaban J connectivity index is 2.07. The molecule has 0 bridgehead atoms. The van der Waals surface area contributed by atoms with E-state index in [1.807, 2.05) is 0 Å². The average Bonchev–Trinajstić information content (AvgIpc) is 2.51. The predicted molar refractivity (Wildman–Crippen MR) is 67.4 cm³/mol. The van der Waals surface area contributed by atoms with E-state index in [2.05, 4.69) is 0 Å². The summed E-state index contributed by atoms with van der Waals surface area (Å²) >= 11 is 0. The number of hydrogen-bond acceptors (Lipinski definition) is 10. The number of aliphatic hydroxyl groups is 6. The van der Waals surface area contributed by atoms with E-state index < -0.39 is 61.9 Å². The Morgan fingerprint density at radius 3 is 2.27 bits per heavy atom. The molecule has 2 rings (SSSR count). The summed E-state index contributed by atoms with van der Waals surface area (Å²) in [5.41, 5.74) is 0. The molecule has 0 amide bonds. The molecule has 0 aliphatic carbocycles. The van der Waals surface area contributed by atoms with Crippen molar-refractivity contribution in [3.8, 4) is 0 Å². The van der Waals surface area contributed by atoms with Gasteiger partial charge in [0.25, 0.3) is 0 Å². The summed E-state index contributed by atoms with van der Waals surface area (Å²) in [4.78, 5) is 0. The molecule has 2 aliphatic rings. The third kappa shape index (κ3) is 3.41. The van der Waals surface area contributed by atoms with E-state index >= 15 is 0 Å². The molecule has 10 heteroatoms. The third-order valence-electron chi connectivity index (χ3n) is 3.83. The maximum atomic E-state index is 9.99. The van der Waals surface area contributed by atoms with Gasteiger partial charge in [0.15, 0.2) is 12.6 Å². The summed E-state index contributed by atoms with van der Waals surface area (Å²) in [5, 5.41) is 58.2. The second-order valence-electron chi connectivity index (χ2n) is 5.29. The SMILES string of the molecule is CO[C@H]1[C@@H](O)[C@H](O)[C@@H](O[C@H]2[C@H](O)[C@H](O)CO[C@@H]2O)O[C@@H]1CO. The van der Waals surface area contributed by atoms with Crippen LogP contribution in [-0.4, -0.2) is 106 Å². The summed E-state index contributed by atoms with van der Waals surface area (Å²) in [6.45, 7) is -0.777. The second kappa shape index (κ2) is 7.45. The lowest BCUT2D eigenvalue weighted by atomic mass is 9.98. The van der Waals surface area contributed by atoms with E-state index in [0.29, 0.717) is 0 Å². The van der Waals surface area contributed by atoms with Gasteiger partial charge in [-0.1, -0.05) is 0 Å². The standard InChI is InChI=1S/C12H22O10/c1-19-9-5(2-13)21-12(8(17)7(9)16)22-10-6(15)4(14)3-20-11(10)18/h4-18H,2-3H2,1H3/t4-,5-,6-,7+,8+,9-,10+,11+,12-/m1/s1. The van der Waals surface area contributed by atoms with Gasteiger partial charge >= 0.3 is 0 Å². The third-order valence-corrected chi connectivity index (χ3v) is 3.83. The Kier molecular flexibility index (Phi) is 6.07. The van der Waals surface area contributed by atoms with Gasteiger partial charge in [-0.05, 0) is 0 Å². The zero-order chi connectivity index (χ0) is 16.4. The molecule has 130 valence electrons. The van der Waals surface area contributed by atoms with Crippen molar-refractivity contribution in [1.82, 2.24) is 0 Å². The molecule has 0 aromatic carbocycles. The predicted octanol–water partition coefficient (Wildman–Crippen LogP) is -4.10. The Morgan fingerprint density at radius 2 is 1.68 bits per heavy atom. The lowest BCUT2D eigenvalue weighted by Crippen LogP contribution is -2.63. The van der Waals surface area contributed by atoms with Crippen molar-refractivity contribution in [2.45, 2.75) is 55.3 Å². The van der Waals surface area contributed by atoms with Crippen molar-refractivity contribution in [2.75, 3.05) is 20.3 Å². The smallest absolute Gasteiger partial charge is 0.187 e. The van der Waals surface area contributed by atoms with Crippen molar-refractivity contribution in [1.29, 1.82) is 0 Å². The highest BCUT2D eigenvalue weighted by molar-refractivity contribution is 4.92. The normalized spacial score (nSPS) is 50.0. The molecule has 0 aromatic rings. The summed E-state index contributed by atoms with van der Waals surface area (Å²) in [6, 6.07) is 0. The quantitative estimate of drug-likeness (QED) is 0.300. The minimum Gasteiger partial charge on any atom is -0.394 e. The van der Waals surface area contributed by atoms with Crippen molar-refractivity contribution in [3.63, 3.8) is 0 Å². The summed E-state index contributed by atoms with van der Waals surface area (Å²) in [7, 11) is 1.28. The van der Waals surface area contributed by atoms with E-state index in [0.717, 1.165) is 0 Å². The van der Waals surface area contributed by atoms with Crippen LogP contribution in [0.25, 0.3) is 0 Å². The van der Waals surface area contributed by atoms with Crippen LogP contribution in [0.15, 0.2) is 0 Å². The maximum absolute atomic E-state index is 9.99. The van der Waals surface area contributed by atoms with Crippen molar-refractivity contribution < 1.29 is 49.6 Å². The van der Waals surface area contributed by atoms with Crippen molar-refractivity contribution >= 4 is 0 Å². The fourth-order valence-corrected chi connectivity index (χ4v) is 2.54. The van der Waals surface area contributed by atoms with Crippen LogP contribution >= 0.6 is 0 Å². The molecule has 6 N–H and O–H groups in total. The number of aliphatic hydroxyl groups excluding tert-OH is 6. The fraction of sp³-hybridized carbons (Fsp3) is 1.00. The molecule has 0 unspecified atom stereocenters. The molecule has 2 heterocycles. The molecule has 2 aliphatic heterocycles. The Bertz CT molecular complexity index is 353. The largest absolute Gasteiger partial charge is 0.394 e. The zero-order valence-corrected chi connectivity index (χ0v) is 11.9. The van der Waals surface area contributed by atoms with Gasteiger partial charge in [-0.25, -0.2) is 0 Å². The van der Waals surface area contributed by atoms with Crippen LogP contribution in [0.1, 0.15) is 0 Å². The summed E-state index contributed by atoms with van der Waals surface area (Å²) in [5.74, 6) is 0. The average molecular weight is 326 g/mol. The topological polar surface area (TPSA) is 158 Å². The molecular weight excluding hydrogens is 304 g/mol. The van der Waals surface area contributed by atoms with E-state index in [1.165, 1.54) is 7.11 Å². The van der Waals surface area contributed by atoms with Crippen LogP contribution in [0, 0.1) is 0 Å². The number of ether oxygens (including phenoxy) is 4. The zero-order valence-electron chi connectivity index (χ0n) is 11.9. The molecule has 0 radical (unpaired) electrons. The first-order chi connectivity index (χ1) is 10.4. The molecule has 10 nitrogen and oxygen atoms in total. The lowest BCUT2D eigenvalue weighted by Gasteiger charge is -2.44. The van der Waals surface area contributed by atoms with Crippen LogP contribution in [-0.2, 0) is 18.9 Å². The first-order valence-corrected chi connectivity index (χ1v) is 6.87. The molecule has 2 saturated heterocycles. The molecule has 0 aromatic heterocycles. The van der Waals surface area contributed by atoms with Gasteiger partial charge in [-0.15, -0.1) is 0 Å². The van der Waals surface area contributed by atoms with Crippen LogP contribution in [0.5, 0.6) is 0 Å². The van der Waals surface area contributed by atoms with E-state index in [4.69, 9.17) is 18.9 Å². The van der Waals surface area contributed by atoms with Crippen molar-refractivity contribution in [3.05, 3.63) is 0 Å². The molecule has 0 spiro atoms. The molecule has 9 atom stereocenters. The minimum absolute atomic E-state index is 0.274. The Labute approximate surface area is 126 Å². The van der Waals surface area contributed by atoms with Gasteiger partial charge in [0.05, 0.1) is 13.2 Å². The molecular formula is C12H22O10. The first-order valence-electron chi connectivity index (χ1n) is 6.87. The van der Waals surface area contributed by atoms with E-state index in [9.17, 15) is 30.6 Å². The Hall–Kier alpha value is -0.400. The lowest BCUT2D eigenvalue weighted by molar-refractivity contribution is -0.353. The van der Waals surface area contributed by atoms with Gasteiger partial charge in [0.2, 0.25) is 0 Å². The molecule has 22 heavy (non-hydrogen) atoms. The highest BCUT2D eigenvalue weighted by Crippen LogP contribution is 2.27.